The number of benzene rings is 3. The van der Waals surface area contributed by atoms with Crippen molar-refractivity contribution in [1.29, 1.82) is 0 Å². The van der Waals surface area contributed by atoms with Crippen LogP contribution in [-0.4, -0.2) is 14.3 Å². The second-order valence-corrected chi connectivity index (χ2v) is 9.33. The van der Waals surface area contributed by atoms with Crippen molar-refractivity contribution < 1.29 is 13.2 Å². The first-order valence-corrected chi connectivity index (χ1v) is 11.1. The summed E-state index contributed by atoms with van der Waals surface area (Å²) in [5, 5.41) is 2.92. The van der Waals surface area contributed by atoms with Crippen molar-refractivity contribution in [3.05, 3.63) is 88.0 Å². The Bertz CT molecular complexity index is 1190. The lowest BCUT2D eigenvalue weighted by molar-refractivity contribution is 0.102. The van der Waals surface area contributed by atoms with E-state index >= 15 is 0 Å². The smallest absolute Gasteiger partial charge is 0.262 e. The summed E-state index contributed by atoms with van der Waals surface area (Å²) in [6.07, 6.45) is 0. The lowest BCUT2D eigenvalue weighted by atomic mass is 10.0. The van der Waals surface area contributed by atoms with Crippen LogP contribution < -0.4 is 10.0 Å². The standard InChI is InChI=1S/C24H26N2O3S/c1-15-6-10-21(11-7-15)26-30(28,29)22-14-20(9-8-17(22)3)24(27)25-23-18(4)12-16(2)13-19(23)5/h6-14,26H,1-5H3,(H,25,27). The van der Waals surface area contributed by atoms with Crippen LogP contribution in [0.5, 0.6) is 0 Å². The molecular formula is C24H26N2O3S. The van der Waals surface area contributed by atoms with Crippen molar-refractivity contribution in [2.45, 2.75) is 39.5 Å². The first-order valence-electron chi connectivity index (χ1n) is 9.66. The minimum absolute atomic E-state index is 0.0769. The summed E-state index contributed by atoms with van der Waals surface area (Å²) in [6.45, 7) is 9.52. The van der Waals surface area contributed by atoms with Gasteiger partial charge in [0.1, 0.15) is 0 Å². The van der Waals surface area contributed by atoms with Crippen LogP contribution in [0.3, 0.4) is 0 Å². The number of hydrogen-bond acceptors (Lipinski definition) is 3. The lowest BCUT2D eigenvalue weighted by Gasteiger charge is -2.15. The molecule has 0 aliphatic rings. The Morgan fingerprint density at radius 1 is 0.733 bits per heavy atom. The Hall–Kier alpha value is -3.12. The van der Waals surface area contributed by atoms with E-state index in [1.807, 2.05) is 52.0 Å². The number of hydrogen-bond donors (Lipinski definition) is 2. The number of carbonyl (C=O) groups excluding carboxylic acids is 1. The van der Waals surface area contributed by atoms with Gasteiger partial charge in [-0.2, -0.15) is 0 Å². The van der Waals surface area contributed by atoms with Crippen molar-refractivity contribution in [3.63, 3.8) is 0 Å². The highest BCUT2D eigenvalue weighted by atomic mass is 32.2. The third kappa shape index (κ3) is 4.71. The van der Waals surface area contributed by atoms with E-state index in [2.05, 4.69) is 10.0 Å². The molecule has 0 bridgehead atoms. The topological polar surface area (TPSA) is 75.3 Å². The van der Waals surface area contributed by atoms with E-state index in [1.54, 1.807) is 31.2 Å². The fourth-order valence-electron chi connectivity index (χ4n) is 3.43. The van der Waals surface area contributed by atoms with Crippen LogP contribution in [0.4, 0.5) is 11.4 Å². The van der Waals surface area contributed by atoms with E-state index in [0.29, 0.717) is 11.3 Å². The number of anilines is 2. The van der Waals surface area contributed by atoms with Crippen LogP contribution in [0.25, 0.3) is 0 Å². The SMILES string of the molecule is Cc1ccc(NS(=O)(=O)c2cc(C(=O)Nc3c(C)cc(C)cc3C)ccc2C)cc1. The molecule has 5 nitrogen and oxygen atoms in total. The van der Waals surface area contributed by atoms with Crippen LogP contribution in [0.15, 0.2) is 59.5 Å². The molecule has 0 aromatic heterocycles. The Morgan fingerprint density at radius 3 is 1.93 bits per heavy atom. The molecule has 6 heteroatoms. The molecule has 0 radical (unpaired) electrons. The van der Waals surface area contributed by atoms with Gasteiger partial charge >= 0.3 is 0 Å². The van der Waals surface area contributed by atoms with Crippen molar-refractivity contribution in [3.8, 4) is 0 Å². The molecule has 0 heterocycles. The zero-order valence-electron chi connectivity index (χ0n) is 17.8. The molecule has 0 fully saturated rings. The third-order valence-corrected chi connectivity index (χ3v) is 6.48. The highest BCUT2D eigenvalue weighted by Crippen LogP contribution is 2.25. The maximum Gasteiger partial charge on any atom is 0.262 e. The minimum Gasteiger partial charge on any atom is -0.322 e. The molecule has 3 rings (SSSR count). The van der Waals surface area contributed by atoms with Crippen LogP contribution >= 0.6 is 0 Å². The first kappa shape index (κ1) is 21.6. The Balaban J connectivity index is 1.91. The van der Waals surface area contributed by atoms with Gasteiger partial charge in [-0.3, -0.25) is 9.52 Å². The molecule has 0 aliphatic heterocycles. The van der Waals surface area contributed by atoms with Gasteiger partial charge in [0.2, 0.25) is 0 Å². The average molecular weight is 423 g/mol. The molecule has 3 aromatic carbocycles. The fraction of sp³-hybridized carbons (Fsp3) is 0.208. The maximum atomic E-state index is 12.9. The van der Waals surface area contributed by atoms with Gasteiger partial charge in [-0.15, -0.1) is 0 Å². The Morgan fingerprint density at radius 2 is 1.33 bits per heavy atom. The monoisotopic (exact) mass is 422 g/mol. The summed E-state index contributed by atoms with van der Waals surface area (Å²) < 4.78 is 28.5. The third-order valence-electron chi connectivity index (χ3n) is 4.96. The van der Waals surface area contributed by atoms with Crippen molar-refractivity contribution in [2.75, 3.05) is 10.0 Å². The van der Waals surface area contributed by atoms with Crippen LogP contribution in [0.2, 0.25) is 0 Å². The van der Waals surface area contributed by atoms with Crippen molar-refractivity contribution >= 4 is 27.3 Å². The van der Waals surface area contributed by atoms with Crippen LogP contribution in [0, 0.1) is 34.6 Å². The van der Waals surface area contributed by atoms with Gasteiger partial charge < -0.3 is 5.32 Å². The maximum absolute atomic E-state index is 12.9. The van der Waals surface area contributed by atoms with Gasteiger partial charge in [-0.05, 0) is 75.6 Å². The van der Waals surface area contributed by atoms with E-state index in [9.17, 15) is 13.2 Å². The van der Waals surface area contributed by atoms with Gasteiger partial charge in [0.25, 0.3) is 15.9 Å². The number of nitrogens with one attached hydrogen (secondary N) is 2. The minimum atomic E-state index is -3.84. The molecule has 0 saturated heterocycles. The molecule has 0 aliphatic carbocycles. The normalized spacial score (nSPS) is 11.2. The van der Waals surface area contributed by atoms with E-state index in [-0.39, 0.29) is 16.4 Å². The van der Waals surface area contributed by atoms with E-state index < -0.39 is 10.0 Å². The Kier molecular flexibility index (Phi) is 5.99. The molecule has 0 atom stereocenters. The Labute approximate surface area is 178 Å². The molecule has 2 N–H and O–H groups in total. The van der Waals surface area contributed by atoms with Gasteiger partial charge in [-0.25, -0.2) is 8.42 Å². The zero-order valence-corrected chi connectivity index (χ0v) is 18.6. The number of aryl methyl sites for hydroxylation is 5. The molecule has 3 aromatic rings. The van der Waals surface area contributed by atoms with Gasteiger partial charge in [0.15, 0.2) is 0 Å². The summed E-state index contributed by atoms with van der Waals surface area (Å²) in [7, 11) is -3.84. The fourth-order valence-corrected chi connectivity index (χ4v) is 4.76. The van der Waals surface area contributed by atoms with Crippen molar-refractivity contribution in [2.24, 2.45) is 0 Å². The lowest BCUT2D eigenvalue weighted by Crippen LogP contribution is -2.18. The summed E-state index contributed by atoms with van der Waals surface area (Å²) in [5.74, 6) is -0.350. The highest BCUT2D eigenvalue weighted by Gasteiger charge is 2.20. The highest BCUT2D eigenvalue weighted by molar-refractivity contribution is 7.92. The number of carbonyl (C=O) groups is 1. The number of rotatable bonds is 5. The zero-order chi connectivity index (χ0) is 22.1. The number of sulfonamides is 1. The molecule has 0 unspecified atom stereocenters. The predicted molar refractivity (Wildman–Crippen MR) is 122 cm³/mol. The molecule has 0 saturated carbocycles. The summed E-state index contributed by atoms with van der Waals surface area (Å²) in [4.78, 5) is 12.9. The number of amides is 1. The quantitative estimate of drug-likeness (QED) is 0.587. The molecular weight excluding hydrogens is 396 g/mol. The second-order valence-electron chi connectivity index (χ2n) is 7.68. The summed E-state index contributed by atoms with van der Waals surface area (Å²) >= 11 is 0. The van der Waals surface area contributed by atoms with Crippen LogP contribution in [-0.2, 0) is 10.0 Å². The summed E-state index contributed by atoms with van der Waals surface area (Å²) in [5.41, 5.74) is 6.14. The van der Waals surface area contributed by atoms with E-state index in [1.165, 1.54) is 6.07 Å². The van der Waals surface area contributed by atoms with Crippen molar-refractivity contribution in [1.82, 2.24) is 0 Å². The molecule has 30 heavy (non-hydrogen) atoms. The van der Waals surface area contributed by atoms with Gasteiger partial charge in [0, 0.05) is 16.9 Å². The summed E-state index contributed by atoms with van der Waals surface area (Å²) in [6, 6.07) is 15.8. The molecule has 0 spiro atoms. The molecule has 1 amide bonds. The molecule has 156 valence electrons. The van der Waals surface area contributed by atoms with Crippen LogP contribution in [0.1, 0.15) is 38.2 Å². The average Bonchev–Trinajstić information content (AvgIpc) is 2.66. The van der Waals surface area contributed by atoms with E-state index in [4.69, 9.17) is 0 Å². The largest absolute Gasteiger partial charge is 0.322 e. The predicted octanol–water partition coefficient (Wildman–Crippen LogP) is 5.28. The van der Waals surface area contributed by atoms with Gasteiger partial charge in [0.05, 0.1) is 4.90 Å². The first-order chi connectivity index (χ1) is 14.1. The second kappa shape index (κ2) is 8.32. The van der Waals surface area contributed by atoms with Gasteiger partial charge in [-0.1, -0.05) is 41.5 Å². The van der Waals surface area contributed by atoms with E-state index in [0.717, 1.165) is 27.9 Å².